The number of fused-ring (bicyclic) bond motifs is 2. The first kappa shape index (κ1) is 13.8. The highest BCUT2D eigenvalue weighted by Gasteiger charge is 2.26. The Morgan fingerprint density at radius 1 is 1.26 bits per heavy atom. The molecule has 2 aliphatic rings. The fourth-order valence-corrected chi connectivity index (χ4v) is 3.14. The van der Waals surface area contributed by atoms with Crippen molar-refractivity contribution in [3.63, 3.8) is 0 Å². The molecule has 2 heterocycles. The smallest absolute Gasteiger partial charge is 0.335 e. The molecule has 0 unspecified atom stereocenters. The molecule has 6 nitrogen and oxygen atoms in total. The van der Waals surface area contributed by atoms with Gasteiger partial charge in [0.15, 0.2) is 0 Å². The third kappa shape index (κ3) is 2.32. The van der Waals surface area contributed by atoms with E-state index in [2.05, 4.69) is 15.3 Å². The molecule has 1 aliphatic heterocycles. The maximum atomic E-state index is 12.2. The van der Waals surface area contributed by atoms with Crippen LogP contribution in [-0.4, -0.2) is 27.0 Å². The summed E-state index contributed by atoms with van der Waals surface area (Å²) in [6.45, 7) is 0. The van der Waals surface area contributed by atoms with Crippen molar-refractivity contribution in [2.24, 2.45) is 0 Å². The minimum atomic E-state index is -1.01. The van der Waals surface area contributed by atoms with Crippen LogP contribution >= 0.6 is 0 Å². The SMILES string of the molecule is O=C1Nc2ccc(C(=O)O)cc2C1=Cc1nc2c([nH]1)CCCC2. The molecule has 0 atom stereocenters. The summed E-state index contributed by atoms with van der Waals surface area (Å²) in [4.78, 5) is 31.1. The minimum absolute atomic E-state index is 0.157. The summed E-state index contributed by atoms with van der Waals surface area (Å²) in [5, 5.41) is 11.9. The number of benzene rings is 1. The van der Waals surface area contributed by atoms with Crippen LogP contribution < -0.4 is 5.32 Å². The van der Waals surface area contributed by atoms with Crippen LogP contribution in [0.5, 0.6) is 0 Å². The van der Waals surface area contributed by atoms with E-state index in [1.807, 2.05) is 0 Å². The molecule has 0 fully saturated rings. The van der Waals surface area contributed by atoms with Crippen LogP contribution in [0.1, 0.15) is 46.0 Å². The van der Waals surface area contributed by atoms with E-state index in [1.165, 1.54) is 12.1 Å². The molecule has 0 bridgehead atoms. The second-order valence-electron chi connectivity index (χ2n) is 5.83. The molecule has 23 heavy (non-hydrogen) atoms. The zero-order valence-corrected chi connectivity index (χ0v) is 12.3. The van der Waals surface area contributed by atoms with Crippen LogP contribution in [0.4, 0.5) is 5.69 Å². The lowest BCUT2D eigenvalue weighted by atomic mass is 10.0. The van der Waals surface area contributed by atoms with E-state index >= 15 is 0 Å². The van der Waals surface area contributed by atoms with Gasteiger partial charge in [-0.05, 0) is 50.0 Å². The summed E-state index contributed by atoms with van der Waals surface area (Å²) in [7, 11) is 0. The number of aromatic nitrogens is 2. The van der Waals surface area contributed by atoms with Crippen LogP contribution in [0.25, 0.3) is 11.6 Å². The van der Waals surface area contributed by atoms with Gasteiger partial charge >= 0.3 is 5.97 Å². The Bertz CT molecular complexity index is 840. The van der Waals surface area contributed by atoms with Gasteiger partial charge in [-0.1, -0.05) is 0 Å². The number of carbonyl (C=O) groups is 2. The topological polar surface area (TPSA) is 95.1 Å². The minimum Gasteiger partial charge on any atom is -0.478 e. The van der Waals surface area contributed by atoms with Gasteiger partial charge in [0.05, 0.1) is 16.8 Å². The summed E-state index contributed by atoms with van der Waals surface area (Å²) in [6, 6.07) is 4.62. The maximum Gasteiger partial charge on any atom is 0.335 e. The number of anilines is 1. The van der Waals surface area contributed by atoms with Gasteiger partial charge in [-0.3, -0.25) is 4.79 Å². The molecule has 116 valence electrons. The maximum absolute atomic E-state index is 12.2. The molecule has 0 radical (unpaired) electrons. The monoisotopic (exact) mass is 309 g/mol. The first-order chi connectivity index (χ1) is 11.1. The van der Waals surface area contributed by atoms with Crippen LogP contribution in [0.3, 0.4) is 0 Å². The quantitative estimate of drug-likeness (QED) is 0.743. The molecule has 1 aromatic heterocycles. The number of carboxylic acid groups (broad SMARTS) is 1. The Morgan fingerprint density at radius 2 is 2.09 bits per heavy atom. The molecule has 0 saturated heterocycles. The van der Waals surface area contributed by atoms with Crippen molar-refractivity contribution in [2.75, 3.05) is 5.32 Å². The van der Waals surface area contributed by atoms with Crippen molar-refractivity contribution < 1.29 is 14.7 Å². The zero-order valence-electron chi connectivity index (χ0n) is 12.3. The van der Waals surface area contributed by atoms with Gasteiger partial charge in [0.25, 0.3) is 5.91 Å². The van der Waals surface area contributed by atoms with E-state index in [1.54, 1.807) is 12.1 Å². The van der Waals surface area contributed by atoms with Gasteiger partial charge in [-0.25, -0.2) is 9.78 Å². The van der Waals surface area contributed by atoms with E-state index in [9.17, 15) is 9.59 Å². The predicted octanol–water partition coefficient (Wildman–Crippen LogP) is 2.48. The van der Waals surface area contributed by atoms with Crippen LogP contribution in [-0.2, 0) is 17.6 Å². The van der Waals surface area contributed by atoms with Crippen molar-refractivity contribution in [1.82, 2.24) is 9.97 Å². The number of carbonyl (C=O) groups excluding carboxylic acids is 1. The molecule has 0 saturated carbocycles. The Labute approximate surface area is 132 Å². The number of nitrogens with one attached hydrogen (secondary N) is 2. The number of amides is 1. The number of aromatic amines is 1. The second-order valence-corrected chi connectivity index (χ2v) is 5.83. The lowest BCUT2D eigenvalue weighted by Crippen LogP contribution is -2.03. The van der Waals surface area contributed by atoms with E-state index in [0.29, 0.717) is 22.6 Å². The largest absolute Gasteiger partial charge is 0.478 e. The van der Waals surface area contributed by atoms with Gasteiger partial charge in [0.2, 0.25) is 0 Å². The number of hydrogen-bond donors (Lipinski definition) is 3. The molecule has 3 N–H and O–H groups in total. The first-order valence-electron chi connectivity index (χ1n) is 7.60. The Balaban J connectivity index is 1.77. The number of carboxylic acids is 1. The zero-order chi connectivity index (χ0) is 16.0. The molecule has 1 aromatic carbocycles. The molecule has 1 amide bonds. The Kier molecular flexibility index (Phi) is 3.04. The van der Waals surface area contributed by atoms with Crippen LogP contribution in [0, 0.1) is 0 Å². The van der Waals surface area contributed by atoms with Gasteiger partial charge in [-0.15, -0.1) is 0 Å². The average molecular weight is 309 g/mol. The molecular weight excluding hydrogens is 294 g/mol. The normalized spacial score (nSPS) is 17.7. The fourth-order valence-electron chi connectivity index (χ4n) is 3.14. The molecular formula is C17H15N3O3. The highest BCUT2D eigenvalue weighted by molar-refractivity contribution is 6.35. The second kappa shape index (κ2) is 5.08. The number of rotatable bonds is 2. The lowest BCUT2D eigenvalue weighted by molar-refractivity contribution is -0.110. The van der Waals surface area contributed by atoms with E-state index in [4.69, 9.17) is 5.11 Å². The summed E-state index contributed by atoms with van der Waals surface area (Å²) in [5.74, 6) is -0.604. The number of imidazole rings is 1. The molecule has 2 aromatic rings. The van der Waals surface area contributed by atoms with Crippen molar-refractivity contribution in [3.8, 4) is 0 Å². The number of nitrogens with zero attached hydrogens (tertiary/aromatic N) is 1. The molecule has 0 spiro atoms. The summed E-state index contributed by atoms with van der Waals surface area (Å²) >= 11 is 0. The van der Waals surface area contributed by atoms with E-state index in [0.717, 1.165) is 37.1 Å². The highest BCUT2D eigenvalue weighted by atomic mass is 16.4. The van der Waals surface area contributed by atoms with Gasteiger partial charge in [-0.2, -0.15) is 0 Å². The number of aryl methyl sites for hydroxylation is 2. The van der Waals surface area contributed by atoms with E-state index < -0.39 is 5.97 Å². The lowest BCUT2D eigenvalue weighted by Gasteiger charge is -2.07. The van der Waals surface area contributed by atoms with Crippen molar-refractivity contribution in [3.05, 3.63) is 46.5 Å². The van der Waals surface area contributed by atoms with E-state index in [-0.39, 0.29) is 11.5 Å². The molecule has 6 heteroatoms. The van der Waals surface area contributed by atoms with Crippen LogP contribution in [0.15, 0.2) is 18.2 Å². The fraction of sp³-hybridized carbons (Fsp3) is 0.235. The Morgan fingerprint density at radius 3 is 2.87 bits per heavy atom. The van der Waals surface area contributed by atoms with Gasteiger partial charge in [0.1, 0.15) is 5.82 Å². The number of H-pyrrole nitrogens is 1. The molecule has 4 rings (SSSR count). The standard InChI is InChI=1S/C17H15N3O3/c21-16-11(8-15-18-13-3-1-2-4-14(13)19-15)10-7-9(17(22)23)5-6-12(10)20-16/h5-8H,1-4H2,(H,18,19)(H,20,21)(H,22,23). The number of hydrogen-bond acceptors (Lipinski definition) is 3. The first-order valence-corrected chi connectivity index (χ1v) is 7.60. The Hall–Kier alpha value is -2.89. The predicted molar refractivity (Wildman–Crippen MR) is 85.1 cm³/mol. The number of aromatic carboxylic acids is 1. The summed E-state index contributed by atoms with van der Waals surface area (Å²) < 4.78 is 0. The van der Waals surface area contributed by atoms with Crippen LogP contribution in [0.2, 0.25) is 0 Å². The van der Waals surface area contributed by atoms with Crippen molar-refractivity contribution >= 4 is 29.2 Å². The van der Waals surface area contributed by atoms with Crippen molar-refractivity contribution in [2.45, 2.75) is 25.7 Å². The summed E-state index contributed by atoms with van der Waals surface area (Å²) in [5.41, 5.74) is 4.04. The molecule has 1 aliphatic carbocycles. The summed E-state index contributed by atoms with van der Waals surface area (Å²) in [6.07, 6.45) is 5.93. The third-order valence-corrected chi connectivity index (χ3v) is 4.30. The van der Waals surface area contributed by atoms with Gasteiger partial charge < -0.3 is 15.4 Å². The third-order valence-electron chi connectivity index (χ3n) is 4.30. The van der Waals surface area contributed by atoms with Gasteiger partial charge in [0, 0.05) is 16.9 Å². The van der Waals surface area contributed by atoms with Crippen molar-refractivity contribution in [1.29, 1.82) is 0 Å². The average Bonchev–Trinajstić information content (AvgIpc) is 3.08. The highest BCUT2D eigenvalue weighted by Crippen LogP contribution is 2.34.